The molecule has 0 aliphatic carbocycles. The van der Waals surface area contributed by atoms with Gasteiger partial charge in [0.15, 0.2) is 18.0 Å². The van der Waals surface area contributed by atoms with E-state index in [-0.39, 0.29) is 37.2 Å². The molecule has 0 unspecified atom stereocenters. The number of amides is 3. The van der Waals surface area contributed by atoms with Gasteiger partial charge in [0, 0.05) is 34.3 Å². The fourth-order valence-electron chi connectivity index (χ4n) is 8.24. The molecule has 3 fully saturated rings. The van der Waals surface area contributed by atoms with E-state index >= 15 is 4.11 Å². The van der Waals surface area contributed by atoms with Crippen LogP contribution in [0.2, 0.25) is 23.7 Å². The Balaban J connectivity index is 1.27. The van der Waals surface area contributed by atoms with Gasteiger partial charge in [0.1, 0.15) is 18.3 Å². The molecular weight excluding hydrogens is 693 g/mol. The molecular formula is C34H43ClFN3O10Si. The number of hydrogen-bond acceptors (Lipinski definition) is 10. The van der Waals surface area contributed by atoms with Crippen molar-refractivity contribution in [2.45, 2.75) is 99.8 Å². The lowest BCUT2D eigenvalue weighted by Crippen LogP contribution is -2.60. The molecule has 272 valence electrons. The summed E-state index contributed by atoms with van der Waals surface area (Å²) < 4.78 is 28.0. The van der Waals surface area contributed by atoms with E-state index in [0.29, 0.717) is 34.8 Å². The van der Waals surface area contributed by atoms with Crippen LogP contribution < -0.4 is 10.2 Å². The number of aliphatic hydroxyl groups is 5. The maximum Gasteiger partial charge on any atom is 0.264 e. The van der Waals surface area contributed by atoms with Gasteiger partial charge in [0.25, 0.3) is 11.8 Å². The van der Waals surface area contributed by atoms with Gasteiger partial charge in [-0.05, 0) is 61.8 Å². The number of hydrogen-bond donors (Lipinski definition) is 6. The van der Waals surface area contributed by atoms with Gasteiger partial charge in [-0.2, -0.15) is 0 Å². The normalized spacial score (nSPS) is 34.0. The van der Waals surface area contributed by atoms with Gasteiger partial charge in [-0.1, -0.05) is 30.7 Å². The molecule has 10 atom stereocenters. The molecule has 0 saturated carbocycles. The molecule has 6 N–H and O–H groups in total. The predicted octanol–water partition coefficient (Wildman–Crippen LogP) is 1.77. The van der Waals surface area contributed by atoms with Crippen LogP contribution in [0.3, 0.4) is 0 Å². The van der Waals surface area contributed by atoms with Crippen molar-refractivity contribution in [3.63, 3.8) is 0 Å². The second-order valence-corrected chi connectivity index (χ2v) is 18.4. The lowest BCUT2D eigenvalue weighted by molar-refractivity contribution is -0.274. The zero-order valence-corrected chi connectivity index (χ0v) is 29.7. The summed E-state index contributed by atoms with van der Waals surface area (Å²) in [7, 11) is -3.55. The predicted molar refractivity (Wildman–Crippen MR) is 181 cm³/mol. The van der Waals surface area contributed by atoms with Crippen molar-refractivity contribution in [3.05, 3.63) is 58.6 Å². The number of carbonyl (C=O) groups excluding carboxylic acids is 3. The number of halogens is 2. The number of likely N-dealkylation sites (tertiary alicyclic amines) is 1. The Kier molecular flexibility index (Phi) is 10.2. The molecule has 3 saturated heterocycles. The zero-order valence-electron chi connectivity index (χ0n) is 27.9. The molecule has 2 aromatic rings. The fourth-order valence-corrected chi connectivity index (χ4v) is 10.9. The molecule has 0 bridgehead atoms. The van der Waals surface area contributed by atoms with E-state index in [2.05, 4.69) is 5.32 Å². The van der Waals surface area contributed by atoms with Crippen molar-refractivity contribution in [3.8, 4) is 0 Å². The summed E-state index contributed by atoms with van der Waals surface area (Å²) >= 11 is 6.47. The Morgan fingerprint density at radius 2 is 1.84 bits per heavy atom. The average molecular weight is 736 g/mol. The van der Waals surface area contributed by atoms with E-state index in [0.717, 1.165) is 6.42 Å². The fraction of sp³-hybridized carbons (Fsp3) is 0.559. The SMILES string of the molecule is C[C@H]1[C@H]([Si](C)(C)F)[C@@H](CC(=O)N2CCC[C@H]2CO)O[C@]12C(=O)N(Cc1cccc(NC(=O)[C@H]3O[C@@H](O)[C@H](O)[C@@H](O)[C@@H]3O)c1)c1ccc(Cl)cc12. The highest BCUT2D eigenvalue weighted by Gasteiger charge is 2.67. The lowest BCUT2D eigenvalue weighted by atomic mass is 9.82. The molecule has 0 aromatic heterocycles. The smallest absolute Gasteiger partial charge is 0.264 e. The lowest BCUT2D eigenvalue weighted by Gasteiger charge is -2.37. The summed E-state index contributed by atoms with van der Waals surface area (Å²) in [5, 5.41) is 52.6. The molecule has 3 amide bonds. The number of nitrogens with zero attached hydrogens (tertiary/aromatic N) is 2. The highest BCUT2D eigenvalue weighted by Crippen LogP contribution is 2.60. The summed E-state index contributed by atoms with van der Waals surface area (Å²) in [5.41, 5.74) is -0.528. The molecule has 50 heavy (non-hydrogen) atoms. The van der Waals surface area contributed by atoms with Gasteiger partial charge in [-0.3, -0.25) is 14.4 Å². The van der Waals surface area contributed by atoms with E-state index in [4.69, 9.17) is 21.1 Å². The third kappa shape index (κ3) is 6.37. The Morgan fingerprint density at radius 1 is 1.10 bits per heavy atom. The summed E-state index contributed by atoms with van der Waals surface area (Å²) in [4.78, 5) is 44.3. The van der Waals surface area contributed by atoms with Crippen LogP contribution in [0.25, 0.3) is 0 Å². The highest BCUT2D eigenvalue weighted by molar-refractivity contribution is 6.72. The van der Waals surface area contributed by atoms with E-state index in [1.807, 2.05) is 0 Å². The van der Waals surface area contributed by atoms with Gasteiger partial charge in [-0.15, -0.1) is 0 Å². The van der Waals surface area contributed by atoms with Crippen LogP contribution in [0.4, 0.5) is 15.5 Å². The first-order valence-electron chi connectivity index (χ1n) is 16.7. The number of aliphatic hydroxyl groups excluding tert-OH is 5. The van der Waals surface area contributed by atoms with Crippen molar-refractivity contribution in [2.24, 2.45) is 5.92 Å². The van der Waals surface area contributed by atoms with Crippen molar-refractivity contribution in [2.75, 3.05) is 23.4 Å². The first kappa shape index (κ1) is 36.8. The second kappa shape index (κ2) is 13.9. The topological polar surface area (TPSA) is 189 Å². The van der Waals surface area contributed by atoms with Crippen LogP contribution >= 0.6 is 11.6 Å². The second-order valence-electron chi connectivity index (χ2n) is 14.2. The first-order chi connectivity index (χ1) is 23.6. The van der Waals surface area contributed by atoms with Crippen LogP contribution in [-0.2, 0) is 36.0 Å². The average Bonchev–Trinajstić information content (AvgIpc) is 3.72. The first-order valence-corrected chi connectivity index (χ1v) is 20.1. The van der Waals surface area contributed by atoms with Crippen LogP contribution in [0.15, 0.2) is 42.5 Å². The number of rotatable bonds is 8. The molecule has 0 radical (unpaired) electrons. The Hall–Kier alpha value is -2.99. The maximum absolute atomic E-state index is 16.2. The van der Waals surface area contributed by atoms with Crippen molar-refractivity contribution in [1.29, 1.82) is 0 Å². The third-order valence-corrected chi connectivity index (χ3v) is 13.3. The van der Waals surface area contributed by atoms with Gasteiger partial charge in [-0.25, -0.2) is 0 Å². The molecule has 13 nitrogen and oxygen atoms in total. The van der Waals surface area contributed by atoms with E-state index in [9.17, 15) is 39.9 Å². The number of carbonyl (C=O) groups is 3. The molecule has 1 spiro atoms. The summed E-state index contributed by atoms with van der Waals surface area (Å²) in [6, 6.07) is 11.2. The van der Waals surface area contributed by atoms with Crippen molar-refractivity contribution >= 4 is 49.1 Å². The number of anilines is 2. The van der Waals surface area contributed by atoms with Gasteiger partial charge < -0.3 is 54.2 Å². The number of ether oxygens (including phenoxy) is 2. The Morgan fingerprint density at radius 3 is 2.54 bits per heavy atom. The van der Waals surface area contributed by atoms with Crippen molar-refractivity contribution < 1.29 is 53.5 Å². The van der Waals surface area contributed by atoms with Crippen molar-refractivity contribution in [1.82, 2.24) is 4.90 Å². The summed E-state index contributed by atoms with van der Waals surface area (Å²) in [6.07, 6.45) is -8.58. The molecule has 4 aliphatic rings. The minimum atomic E-state index is -3.55. The van der Waals surface area contributed by atoms with E-state index in [1.54, 1.807) is 67.4 Å². The number of nitrogens with one attached hydrogen (secondary N) is 1. The Labute approximate surface area is 294 Å². The Bertz CT molecular complexity index is 1650. The molecule has 4 aliphatic heterocycles. The van der Waals surface area contributed by atoms with Crippen LogP contribution in [0.1, 0.15) is 37.3 Å². The summed E-state index contributed by atoms with van der Waals surface area (Å²) in [6.45, 7) is 5.23. The molecule has 2 aromatic carbocycles. The quantitative estimate of drug-likeness (QED) is 0.172. The minimum absolute atomic E-state index is 0.0118. The standard InChI is InChI=1S/C34H43ClFN3O10Si/c1-17-30(50(2,3)36)24(14-25(41)38-11-5-8-21(38)16-40)49-34(17)22-13-19(35)9-10-23(22)39(33(34)47)15-18-6-4-7-20(12-18)37-31(45)29-27(43)26(42)28(44)32(46)48-29/h4,6-7,9-10,12-13,17,21,24,26-30,32,40,42-44,46H,5,8,11,14-16H2,1-3H3,(H,37,45)/t17-,21-,24+,26-,27-,28+,29-,30-,32+,34+/m0/s1. The van der Waals surface area contributed by atoms with Crippen LogP contribution in [-0.4, -0.2) is 113 Å². The van der Waals surface area contributed by atoms with Gasteiger partial charge in [0.05, 0.1) is 37.4 Å². The third-order valence-electron chi connectivity index (χ3n) is 10.6. The minimum Gasteiger partial charge on any atom is -0.394 e. The van der Waals surface area contributed by atoms with E-state index in [1.165, 1.54) is 4.90 Å². The van der Waals surface area contributed by atoms with Crippen LogP contribution in [0, 0.1) is 5.92 Å². The highest BCUT2D eigenvalue weighted by atomic mass is 35.5. The molecule has 6 rings (SSSR count). The van der Waals surface area contributed by atoms with E-state index < -0.39 is 74.1 Å². The van der Waals surface area contributed by atoms with Gasteiger partial charge in [0.2, 0.25) is 14.3 Å². The molecule has 4 heterocycles. The summed E-state index contributed by atoms with van der Waals surface area (Å²) in [5.74, 6) is -2.24. The number of fused-ring (bicyclic) bond motifs is 2. The van der Waals surface area contributed by atoms with Crippen LogP contribution in [0.5, 0.6) is 0 Å². The largest absolute Gasteiger partial charge is 0.394 e. The molecule has 16 heteroatoms. The zero-order chi connectivity index (χ0) is 36.3. The monoisotopic (exact) mass is 735 g/mol. The number of benzene rings is 2. The maximum atomic E-state index is 16.2. The van der Waals surface area contributed by atoms with Gasteiger partial charge >= 0.3 is 0 Å².